The summed E-state index contributed by atoms with van der Waals surface area (Å²) in [5.41, 5.74) is 2.59. The summed E-state index contributed by atoms with van der Waals surface area (Å²) in [7, 11) is 0. The Bertz CT molecular complexity index is 1070. The van der Waals surface area contributed by atoms with Gasteiger partial charge in [0.05, 0.1) is 17.9 Å². The first-order chi connectivity index (χ1) is 14.8. The minimum absolute atomic E-state index is 0.00864. The van der Waals surface area contributed by atoms with Crippen molar-refractivity contribution in [1.82, 2.24) is 4.98 Å². The van der Waals surface area contributed by atoms with Crippen LogP contribution in [0.4, 0.5) is 0 Å². The van der Waals surface area contributed by atoms with Crippen molar-refractivity contribution in [1.29, 1.82) is 0 Å². The van der Waals surface area contributed by atoms with Gasteiger partial charge >= 0.3 is 0 Å². The van der Waals surface area contributed by atoms with E-state index in [0.717, 1.165) is 5.56 Å². The zero-order chi connectivity index (χ0) is 22.5. The van der Waals surface area contributed by atoms with Gasteiger partial charge in [-0.3, -0.25) is 4.79 Å². The van der Waals surface area contributed by atoms with E-state index in [1.165, 1.54) is 6.07 Å². The summed E-state index contributed by atoms with van der Waals surface area (Å²) >= 11 is 5.91. The molecule has 0 radical (unpaired) electrons. The zero-order valence-corrected chi connectivity index (χ0v) is 18.6. The summed E-state index contributed by atoms with van der Waals surface area (Å²) in [5.74, 6) is 1.71. The standard InChI is InChI=1S/C24H26ClNO5/c1-14(2)23-19(26-24(31-23)18-6-5-17(25)13-21(18)29)7-8-20(28)16-4-9-22(15(3)12-16)30-11-10-27/h4-6,9,12-14,27,29H,7-8,10-11H2,1-3H3. The number of ketones is 1. The second kappa shape index (κ2) is 9.98. The molecular weight excluding hydrogens is 418 g/mol. The molecule has 0 atom stereocenters. The van der Waals surface area contributed by atoms with Crippen molar-refractivity contribution in [2.45, 2.75) is 39.5 Å². The van der Waals surface area contributed by atoms with Gasteiger partial charge in [0.15, 0.2) is 5.78 Å². The normalized spacial score (nSPS) is 11.2. The smallest absolute Gasteiger partial charge is 0.230 e. The van der Waals surface area contributed by atoms with Gasteiger partial charge in [0.25, 0.3) is 0 Å². The number of benzene rings is 2. The largest absolute Gasteiger partial charge is 0.507 e. The van der Waals surface area contributed by atoms with E-state index in [2.05, 4.69) is 4.98 Å². The number of nitrogens with zero attached hydrogens (tertiary/aromatic N) is 1. The molecule has 0 aliphatic carbocycles. The molecule has 0 unspecified atom stereocenters. The first-order valence-corrected chi connectivity index (χ1v) is 10.5. The predicted molar refractivity (Wildman–Crippen MR) is 119 cm³/mol. The Balaban J connectivity index is 1.77. The SMILES string of the molecule is Cc1cc(C(=O)CCc2nc(-c3ccc(Cl)cc3O)oc2C(C)C)ccc1OCCO. The van der Waals surface area contributed by atoms with Gasteiger partial charge in [0.2, 0.25) is 5.89 Å². The molecule has 0 spiro atoms. The lowest BCUT2D eigenvalue weighted by atomic mass is 10.0. The fraction of sp³-hybridized carbons (Fsp3) is 0.333. The van der Waals surface area contributed by atoms with E-state index in [0.29, 0.717) is 45.7 Å². The Morgan fingerprint density at radius 2 is 2.00 bits per heavy atom. The molecule has 2 aromatic carbocycles. The van der Waals surface area contributed by atoms with Gasteiger partial charge in [-0.25, -0.2) is 4.98 Å². The van der Waals surface area contributed by atoms with E-state index in [4.69, 9.17) is 25.9 Å². The van der Waals surface area contributed by atoms with Crippen LogP contribution in [-0.2, 0) is 6.42 Å². The number of ether oxygens (including phenoxy) is 1. The molecule has 6 nitrogen and oxygen atoms in total. The molecule has 0 aliphatic rings. The fourth-order valence-electron chi connectivity index (χ4n) is 3.31. The van der Waals surface area contributed by atoms with E-state index in [-0.39, 0.29) is 37.1 Å². The number of hydrogen-bond donors (Lipinski definition) is 2. The summed E-state index contributed by atoms with van der Waals surface area (Å²) in [5, 5.41) is 19.5. The van der Waals surface area contributed by atoms with Crippen LogP contribution in [0.25, 0.3) is 11.5 Å². The van der Waals surface area contributed by atoms with Crippen LogP contribution in [0, 0.1) is 6.92 Å². The topological polar surface area (TPSA) is 92.8 Å². The number of phenolic OH excluding ortho intramolecular Hbond substituents is 1. The van der Waals surface area contributed by atoms with Crippen LogP contribution in [0.5, 0.6) is 11.5 Å². The van der Waals surface area contributed by atoms with E-state index in [1.807, 2.05) is 20.8 Å². The number of Topliss-reactive ketones (excluding diaryl/α,β-unsaturated/α-hetero) is 1. The van der Waals surface area contributed by atoms with Gasteiger partial charge in [-0.1, -0.05) is 25.4 Å². The summed E-state index contributed by atoms with van der Waals surface area (Å²) in [6.45, 7) is 6.00. The number of aromatic hydroxyl groups is 1. The lowest BCUT2D eigenvalue weighted by Gasteiger charge is -2.09. The monoisotopic (exact) mass is 443 g/mol. The Morgan fingerprint density at radius 3 is 2.65 bits per heavy atom. The number of rotatable bonds is 9. The second-order valence-electron chi connectivity index (χ2n) is 7.62. The molecular formula is C24H26ClNO5. The molecule has 0 aliphatic heterocycles. The van der Waals surface area contributed by atoms with E-state index in [1.54, 1.807) is 30.3 Å². The van der Waals surface area contributed by atoms with Crippen molar-refractivity contribution in [3.8, 4) is 23.0 Å². The van der Waals surface area contributed by atoms with Gasteiger partial charge in [-0.15, -0.1) is 0 Å². The summed E-state index contributed by atoms with van der Waals surface area (Å²) < 4.78 is 11.4. The molecule has 2 N–H and O–H groups in total. The Morgan fingerprint density at radius 1 is 1.23 bits per heavy atom. The highest BCUT2D eigenvalue weighted by Gasteiger charge is 2.20. The van der Waals surface area contributed by atoms with Crippen molar-refractivity contribution in [2.75, 3.05) is 13.2 Å². The average molecular weight is 444 g/mol. The molecule has 0 amide bonds. The van der Waals surface area contributed by atoms with Crippen molar-refractivity contribution >= 4 is 17.4 Å². The third-order valence-corrected chi connectivity index (χ3v) is 5.11. The molecule has 1 heterocycles. The molecule has 31 heavy (non-hydrogen) atoms. The molecule has 0 saturated heterocycles. The molecule has 3 rings (SSSR count). The molecule has 0 fully saturated rings. The number of aryl methyl sites for hydroxylation is 2. The maximum absolute atomic E-state index is 12.8. The average Bonchev–Trinajstić information content (AvgIpc) is 3.15. The third-order valence-electron chi connectivity index (χ3n) is 4.88. The van der Waals surface area contributed by atoms with Gasteiger partial charge in [0, 0.05) is 29.3 Å². The lowest BCUT2D eigenvalue weighted by Crippen LogP contribution is -2.06. The quantitative estimate of drug-likeness (QED) is 0.435. The summed E-state index contributed by atoms with van der Waals surface area (Å²) in [6, 6.07) is 10.0. The lowest BCUT2D eigenvalue weighted by molar-refractivity contribution is 0.0982. The molecule has 0 saturated carbocycles. The van der Waals surface area contributed by atoms with Crippen molar-refractivity contribution in [3.63, 3.8) is 0 Å². The van der Waals surface area contributed by atoms with E-state index < -0.39 is 0 Å². The van der Waals surface area contributed by atoms with Crippen LogP contribution < -0.4 is 4.74 Å². The summed E-state index contributed by atoms with van der Waals surface area (Å²) in [6.07, 6.45) is 0.695. The van der Waals surface area contributed by atoms with Gasteiger partial charge < -0.3 is 19.4 Å². The Labute approximate surface area is 186 Å². The van der Waals surface area contributed by atoms with Crippen molar-refractivity contribution in [2.24, 2.45) is 0 Å². The molecule has 7 heteroatoms. The Hall–Kier alpha value is -2.83. The number of hydrogen-bond acceptors (Lipinski definition) is 6. The van der Waals surface area contributed by atoms with Crippen molar-refractivity contribution < 1.29 is 24.2 Å². The van der Waals surface area contributed by atoms with E-state index in [9.17, 15) is 9.90 Å². The zero-order valence-electron chi connectivity index (χ0n) is 17.8. The number of carbonyl (C=O) groups excluding carboxylic acids is 1. The first-order valence-electron chi connectivity index (χ1n) is 10.2. The highest BCUT2D eigenvalue weighted by molar-refractivity contribution is 6.30. The van der Waals surface area contributed by atoms with Gasteiger partial charge in [-0.2, -0.15) is 0 Å². The van der Waals surface area contributed by atoms with Crippen molar-refractivity contribution in [3.05, 3.63) is 64.0 Å². The van der Waals surface area contributed by atoms with Crippen LogP contribution >= 0.6 is 11.6 Å². The molecule has 3 aromatic rings. The van der Waals surface area contributed by atoms with Gasteiger partial charge in [-0.05, 0) is 48.9 Å². The number of phenols is 1. The number of aromatic nitrogens is 1. The fourth-order valence-corrected chi connectivity index (χ4v) is 3.48. The van der Waals surface area contributed by atoms with Gasteiger partial charge in [0.1, 0.15) is 23.9 Å². The maximum Gasteiger partial charge on any atom is 0.230 e. The number of halogens is 1. The molecule has 1 aromatic heterocycles. The first kappa shape index (κ1) is 22.8. The minimum Gasteiger partial charge on any atom is -0.507 e. The van der Waals surface area contributed by atoms with Crippen LogP contribution in [-0.4, -0.2) is 34.2 Å². The van der Waals surface area contributed by atoms with Crippen LogP contribution in [0.2, 0.25) is 5.02 Å². The van der Waals surface area contributed by atoms with Crippen LogP contribution in [0.15, 0.2) is 40.8 Å². The van der Waals surface area contributed by atoms with Crippen LogP contribution in [0.1, 0.15) is 53.6 Å². The number of aliphatic hydroxyl groups is 1. The molecule has 0 bridgehead atoms. The number of oxazole rings is 1. The predicted octanol–water partition coefficient (Wildman–Crippen LogP) is 5.32. The maximum atomic E-state index is 12.8. The molecule has 164 valence electrons. The highest BCUT2D eigenvalue weighted by Crippen LogP contribution is 2.34. The number of aliphatic hydroxyl groups excluding tert-OH is 1. The minimum atomic E-state index is -0.0637. The highest BCUT2D eigenvalue weighted by atomic mass is 35.5. The van der Waals surface area contributed by atoms with Crippen LogP contribution in [0.3, 0.4) is 0 Å². The summed E-state index contributed by atoms with van der Waals surface area (Å²) in [4.78, 5) is 17.3. The number of carbonyl (C=O) groups is 1. The van der Waals surface area contributed by atoms with E-state index >= 15 is 0 Å². The second-order valence-corrected chi connectivity index (χ2v) is 8.06. The Kier molecular flexibility index (Phi) is 7.36. The third kappa shape index (κ3) is 5.46.